The lowest BCUT2D eigenvalue weighted by Gasteiger charge is -2.21. The molecule has 0 aliphatic carbocycles. The zero-order valence-electron chi connectivity index (χ0n) is 18.6. The standard InChI is InChI=1S/C26H24NO6P/c1-16(2)33-26(29)22-14-18-9-3-4-10-19(18)15-23(22)27-25(28)24(34(30,31)32)21-13-7-11-17-8-5-6-12-20(17)21/h3-16,24H,1-2H3,(H,27,28)(H2,30,31,32). The Morgan fingerprint density at radius 3 is 2.09 bits per heavy atom. The summed E-state index contributed by atoms with van der Waals surface area (Å²) in [5, 5.41) is 5.41. The van der Waals surface area contributed by atoms with Gasteiger partial charge >= 0.3 is 13.6 Å². The minimum Gasteiger partial charge on any atom is -0.459 e. The van der Waals surface area contributed by atoms with Crippen molar-refractivity contribution in [2.45, 2.75) is 25.6 Å². The maximum absolute atomic E-state index is 13.4. The van der Waals surface area contributed by atoms with Gasteiger partial charge < -0.3 is 19.8 Å². The van der Waals surface area contributed by atoms with E-state index < -0.39 is 25.1 Å². The number of nitrogens with one attached hydrogen (secondary N) is 1. The first-order valence-corrected chi connectivity index (χ1v) is 12.4. The van der Waals surface area contributed by atoms with E-state index in [1.807, 2.05) is 24.3 Å². The van der Waals surface area contributed by atoms with Crippen molar-refractivity contribution in [3.05, 3.63) is 90.0 Å². The normalized spacial score (nSPS) is 12.6. The SMILES string of the molecule is CC(C)OC(=O)c1cc2ccccc2cc1NC(=O)C(c1cccc2ccccc12)P(=O)(O)O. The van der Waals surface area contributed by atoms with Gasteiger partial charge in [0.1, 0.15) is 0 Å². The maximum Gasteiger partial charge on any atom is 0.342 e. The van der Waals surface area contributed by atoms with Gasteiger partial charge in [-0.25, -0.2) is 4.79 Å². The number of benzene rings is 4. The number of amides is 1. The van der Waals surface area contributed by atoms with Gasteiger partial charge in [-0.3, -0.25) is 9.36 Å². The summed E-state index contributed by atoms with van der Waals surface area (Å²) < 4.78 is 17.9. The molecule has 0 bridgehead atoms. The Morgan fingerprint density at radius 2 is 1.44 bits per heavy atom. The molecule has 34 heavy (non-hydrogen) atoms. The van der Waals surface area contributed by atoms with Crippen LogP contribution in [-0.2, 0) is 14.1 Å². The zero-order valence-corrected chi connectivity index (χ0v) is 19.5. The molecule has 174 valence electrons. The highest BCUT2D eigenvalue weighted by Gasteiger charge is 2.38. The lowest BCUT2D eigenvalue weighted by atomic mass is 10.0. The second-order valence-corrected chi connectivity index (χ2v) is 9.94. The highest BCUT2D eigenvalue weighted by molar-refractivity contribution is 7.53. The molecule has 3 N–H and O–H groups in total. The topological polar surface area (TPSA) is 113 Å². The Labute approximate surface area is 196 Å². The Morgan fingerprint density at radius 1 is 0.853 bits per heavy atom. The summed E-state index contributed by atoms with van der Waals surface area (Å²) in [4.78, 5) is 46.5. The predicted molar refractivity (Wildman–Crippen MR) is 132 cm³/mol. The van der Waals surface area contributed by atoms with Crippen molar-refractivity contribution < 1.29 is 28.7 Å². The molecule has 0 heterocycles. The Kier molecular flexibility index (Phi) is 6.53. The molecule has 0 spiro atoms. The fourth-order valence-electron chi connectivity index (χ4n) is 3.96. The minimum absolute atomic E-state index is 0.100. The summed E-state index contributed by atoms with van der Waals surface area (Å²) in [5.74, 6) is -1.56. The van der Waals surface area contributed by atoms with E-state index in [0.29, 0.717) is 5.39 Å². The van der Waals surface area contributed by atoms with Gasteiger partial charge in [-0.2, -0.15) is 0 Å². The fraction of sp³-hybridized carbons (Fsp3) is 0.154. The van der Waals surface area contributed by atoms with Crippen LogP contribution in [0, 0.1) is 0 Å². The third kappa shape index (κ3) is 4.87. The van der Waals surface area contributed by atoms with E-state index in [0.717, 1.165) is 16.2 Å². The van der Waals surface area contributed by atoms with Crippen LogP contribution < -0.4 is 5.32 Å². The molecule has 0 aliphatic rings. The first kappa shape index (κ1) is 23.6. The van der Waals surface area contributed by atoms with Crippen molar-refractivity contribution in [1.82, 2.24) is 0 Å². The molecule has 4 rings (SSSR count). The molecule has 0 fully saturated rings. The summed E-state index contributed by atoms with van der Waals surface area (Å²) in [5.41, 5.74) is -1.34. The van der Waals surface area contributed by atoms with Crippen LogP contribution in [0.25, 0.3) is 21.5 Å². The van der Waals surface area contributed by atoms with Gasteiger partial charge in [0, 0.05) is 0 Å². The van der Waals surface area contributed by atoms with E-state index in [9.17, 15) is 23.9 Å². The molecule has 0 saturated heterocycles. The molecule has 0 radical (unpaired) electrons. The predicted octanol–water partition coefficient (Wildman–Crippen LogP) is 5.42. The molecule has 1 atom stereocenters. The average molecular weight is 477 g/mol. The molecule has 4 aromatic carbocycles. The summed E-state index contributed by atoms with van der Waals surface area (Å²) in [6, 6.07) is 22.5. The monoisotopic (exact) mass is 477 g/mol. The number of carbonyl (C=O) groups excluding carboxylic acids is 2. The summed E-state index contributed by atoms with van der Waals surface area (Å²) >= 11 is 0. The van der Waals surface area contributed by atoms with Crippen LogP contribution in [0.2, 0.25) is 0 Å². The van der Waals surface area contributed by atoms with Gasteiger partial charge in [0.15, 0.2) is 5.66 Å². The zero-order chi connectivity index (χ0) is 24.5. The van der Waals surface area contributed by atoms with Gasteiger partial charge in [0.05, 0.1) is 17.4 Å². The van der Waals surface area contributed by atoms with Crippen molar-refractivity contribution in [3.8, 4) is 0 Å². The van der Waals surface area contributed by atoms with Crippen LogP contribution in [0.5, 0.6) is 0 Å². The number of ether oxygens (including phenoxy) is 1. The second kappa shape index (κ2) is 9.39. The molecule has 1 amide bonds. The number of hydrogen-bond donors (Lipinski definition) is 3. The van der Waals surface area contributed by atoms with E-state index in [4.69, 9.17) is 4.74 Å². The number of rotatable bonds is 6. The van der Waals surface area contributed by atoms with Crippen LogP contribution in [0.4, 0.5) is 5.69 Å². The van der Waals surface area contributed by atoms with Gasteiger partial charge in [-0.1, -0.05) is 66.7 Å². The molecule has 0 aromatic heterocycles. The number of esters is 1. The lowest BCUT2D eigenvalue weighted by molar-refractivity contribution is -0.116. The van der Waals surface area contributed by atoms with Gasteiger partial charge in [-0.05, 0) is 53.1 Å². The Balaban J connectivity index is 1.81. The summed E-state index contributed by atoms with van der Waals surface area (Å²) in [6.07, 6.45) is -0.388. The molecular weight excluding hydrogens is 453 g/mol. The second-order valence-electron chi connectivity index (χ2n) is 8.25. The van der Waals surface area contributed by atoms with Crippen LogP contribution in [0.15, 0.2) is 78.9 Å². The first-order valence-electron chi connectivity index (χ1n) is 10.7. The van der Waals surface area contributed by atoms with Gasteiger partial charge in [0.2, 0.25) is 5.91 Å². The summed E-state index contributed by atoms with van der Waals surface area (Å²) in [6.45, 7) is 3.42. The van der Waals surface area contributed by atoms with E-state index in [1.165, 1.54) is 6.07 Å². The molecule has 4 aromatic rings. The third-order valence-corrected chi connectivity index (χ3v) is 6.59. The van der Waals surface area contributed by atoms with Crippen molar-refractivity contribution in [3.63, 3.8) is 0 Å². The van der Waals surface area contributed by atoms with Crippen molar-refractivity contribution in [1.29, 1.82) is 0 Å². The Hall–Kier alpha value is -3.51. The van der Waals surface area contributed by atoms with Crippen LogP contribution >= 0.6 is 7.60 Å². The number of carbonyl (C=O) groups is 2. The fourth-order valence-corrected chi connectivity index (χ4v) is 4.91. The highest BCUT2D eigenvalue weighted by Crippen LogP contribution is 2.53. The van der Waals surface area contributed by atoms with Crippen molar-refractivity contribution in [2.75, 3.05) is 5.32 Å². The smallest absolute Gasteiger partial charge is 0.342 e. The molecule has 7 nitrogen and oxygen atoms in total. The van der Waals surface area contributed by atoms with Crippen molar-refractivity contribution in [2.24, 2.45) is 0 Å². The number of hydrogen-bond acceptors (Lipinski definition) is 4. The lowest BCUT2D eigenvalue weighted by Crippen LogP contribution is -2.23. The Bertz CT molecular complexity index is 1440. The third-order valence-electron chi connectivity index (χ3n) is 5.41. The minimum atomic E-state index is -4.93. The molecular formula is C26H24NO6P. The van der Waals surface area contributed by atoms with E-state index >= 15 is 0 Å². The average Bonchev–Trinajstić information content (AvgIpc) is 2.77. The van der Waals surface area contributed by atoms with Gasteiger partial charge in [-0.15, -0.1) is 0 Å². The van der Waals surface area contributed by atoms with Crippen LogP contribution in [0.1, 0.15) is 35.4 Å². The number of fused-ring (bicyclic) bond motifs is 2. The van der Waals surface area contributed by atoms with Gasteiger partial charge in [0.25, 0.3) is 0 Å². The highest BCUT2D eigenvalue weighted by atomic mass is 31.2. The van der Waals surface area contributed by atoms with Crippen LogP contribution in [-0.4, -0.2) is 27.8 Å². The maximum atomic E-state index is 13.4. The largest absolute Gasteiger partial charge is 0.459 e. The molecule has 0 saturated carbocycles. The molecule has 0 aliphatic heterocycles. The quantitative estimate of drug-likeness (QED) is 0.253. The van der Waals surface area contributed by atoms with E-state index in [-0.39, 0.29) is 22.9 Å². The van der Waals surface area contributed by atoms with Crippen LogP contribution in [0.3, 0.4) is 0 Å². The first-order chi connectivity index (χ1) is 16.1. The van der Waals surface area contributed by atoms with Crippen molar-refractivity contribution >= 4 is 46.7 Å². The summed E-state index contributed by atoms with van der Waals surface area (Å²) in [7, 11) is -4.93. The van der Waals surface area contributed by atoms with E-state index in [1.54, 1.807) is 62.4 Å². The van der Waals surface area contributed by atoms with E-state index in [2.05, 4.69) is 5.32 Å². The molecule has 1 unspecified atom stereocenters. The molecule has 8 heteroatoms. The number of anilines is 1.